The summed E-state index contributed by atoms with van der Waals surface area (Å²) in [6.45, 7) is 0.156. The first kappa shape index (κ1) is 13.6. The molecule has 1 aromatic carbocycles. The van der Waals surface area contributed by atoms with Crippen LogP contribution in [0.2, 0.25) is 0 Å². The number of hydrogen-bond acceptors (Lipinski definition) is 4. The minimum absolute atomic E-state index is 0.156. The molecule has 1 aliphatic carbocycles. The lowest BCUT2D eigenvalue weighted by molar-refractivity contribution is -0.143. The van der Waals surface area contributed by atoms with Crippen molar-refractivity contribution in [1.29, 1.82) is 0 Å². The zero-order valence-corrected chi connectivity index (χ0v) is 11.4. The summed E-state index contributed by atoms with van der Waals surface area (Å²) in [5.41, 5.74) is 6.62. The van der Waals surface area contributed by atoms with Crippen LogP contribution in [-0.4, -0.2) is 34.3 Å². The van der Waals surface area contributed by atoms with E-state index < -0.39 is 17.8 Å². The Morgan fingerprint density at radius 3 is 2.71 bits per heavy atom. The van der Waals surface area contributed by atoms with Crippen molar-refractivity contribution >= 4 is 23.5 Å². The fourth-order valence-corrected chi connectivity index (χ4v) is 3.34. The number of amides is 2. The smallest absolute Gasteiger partial charge is 0.306 e. The zero-order chi connectivity index (χ0) is 15.1. The van der Waals surface area contributed by atoms with Crippen LogP contribution in [0.15, 0.2) is 18.2 Å². The molecule has 1 unspecified atom stereocenters. The van der Waals surface area contributed by atoms with Gasteiger partial charge in [0.2, 0.25) is 0 Å². The number of nitrogen functional groups attached to an aromatic ring is 1. The summed E-state index contributed by atoms with van der Waals surface area (Å²) in [7, 11) is 0. The normalized spacial score (nSPS) is 24.5. The fourth-order valence-electron chi connectivity index (χ4n) is 3.34. The molecule has 21 heavy (non-hydrogen) atoms. The van der Waals surface area contributed by atoms with Crippen LogP contribution in [0.25, 0.3) is 0 Å². The number of carboxylic acid groups (broad SMARTS) is 1. The molecular weight excluding hydrogens is 272 g/mol. The maximum absolute atomic E-state index is 12.4. The van der Waals surface area contributed by atoms with Crippen molar-refractivity contribution in [3.63, 3.8) is 0 Å². The number of hydrogen-bond donors (Lipinski definition) is 2. The zero-order valence-electron chi connectivity index (χ0n) is 11.4. The molecule has 2 atom stereocenters. The molecule has 1 aliphatic heterocycles. The van der Waals surface area contributed by atoms with Gasteiger partial charge < -0.3 is 10.8 Å². The lowest BCUT2D eigenvalue weighted by atomic mass is 9.95. The highest BCUT2D eigenvalue weighted by atomic mass is 16.4. The van der Waals surface area contributed by atoms with Gasteiger partial charge in [0.05, 0.1) is 17.0 Å². The van der Waals surface area contributed by atoms with Crippen molar-refractivity contribution in [1.82, 2.24) is 4.90 Å². The van der Waals surface area contributed by atoms with Crippen molar-refractivity contribution in [3.8, 4) is 0 Å². The van der Waals surface area contributed by atoms with Crippen molar-refractivity contribution in [2.75, 3.05) is 12.3 Å². The molecule has 0 spiro atoms. The SMILES string of the molecule is Nc1cccc2c1C(=O)N(C[C@@H]1CCCC1C(=O)O)C2=O. The molecule has 3 rings (SSSR count). The third kappa shape index (κ3) is 2.07. The Morgan fingerprint density at radius 1 is 1.29 bits per heavy atom. The second-order valence-electron chi connectivity index (χ2n) is 5.63. The van der Waals surface area contributed by atoms with E-state index in [1.54, 1.807) is 18.2 Å². The Hall–Kier alpha value is -2.37. The quantitative estimate of drug-likeness (QED) is 0.646. The maximum Gasteiger partial charge on any atom is 0.306 e. The number of nitrogens with zero attached hydrogens (tertiary/aromatic N) is 1. The molecule has 6 nitrogen and oxygen atoms in total. The van der Waals surface area contributed by atoms with Gasteiger partial charge in [0.15, 0.2) is 0 Å². The maximum atomic E-state index is 12.4. The van der Waals surface area contributed by atoms with Crippen LogP contribution in [0.5, 0.6) is 0 Å². The number of fused-ring (bicyclic) bond motifs is 1. The van der Waals surface area contributed by atoms with Gasteiger partial charge in [0.1, 0.15) is 0 Å². The number of benzene rings is 1. The van der Waals surface area contributed by atoms with Crippen LogP contribution < -0.4 is 5.73 Å². The van der Waals surface area contributed by atoms with E-state index in [-0.39, 0.29) is 29.6 Å². The van der Waals surface area contributed by atoms with Crippen LogP contribution in [0.4, 0.5) is 5.69 Å². The van der Waals surface area contributed by atoms with Crippen LogP contribution >= 0.6 is 0 Å². The lowest BCUT2D eigenvalue weighted by Gasteiger charge is -2.21. The van der Waals surface area contributed by atoms with Crippen LogP contribution in [0, 0.1) is 11.8 Å². The fraction of sp³-hybridized carbons (Fsp3) is 0.400. The van der Waals surface area contributed by atoms with Gasteiger partial charge in [0, 0.05) is 12.2 Å². The molecule has 1 heterocycles. The minimum Gasteiger partial charge on any atom is -0.481 e. The molecule has 110 valence electrons. The van der Waals surface area contributed by atoms with Crippen molar-refractivity contribution in [3.05, 3.63) is 29.3 Å². The number of carboxylic acids is 1. The van der Waals surface area contributed by atoms with Gasteiger partial charge >= 0.3 is 5.97 Å². The van der Waals surface area contributed by atoms with Gasteiger partial charge in [-0.15, -0.1) is 0 Å². The summed E-state index contributed by atoms with van der Waals surface area (Å²) in [6, 6.07) is 4.80. The molecule has 6 heteroatoms. The first-order valence-electron chi connectivity index (χ1n) is 6.98. The van der Waals surface area contributed by atoms with Crippen molar-refractivity contribution in [2.45, 2.75) is 19.3 Å². The molecule has 0 saturated heterocycles. The summed E-state index contributed by atoms with van der Waals surface area (Å²) in [4.78, 5) is 37.1. The third-order valence-corrected chi connectivity index (χ3v) is 4.42. The van der Waals surface area contributed by atoms with Gasteiger partial charge in [-0.05, 0) is 30.9 Å². The summed E-state index contributed by atoms with van der Waals surface area (Å²) < 4.78 is 0. The highest BCUT2D eigenvalue weighted by Crippen LogP contribution is 2.35. The molecule has 3 N–H and O–H groups in total. The second kappa shape index (κ2) is 4.87. The molecule has 0 bridgehead atoms. The van der Waals surface area contributed by atoms with E-state index in [0.29, 0.717) is 12.0 Å². The Morgan fingerprint density at radius 2 is 2.05 bits per heavy atom. The van der Waals surface area contributed by atoms with E-state index in [2.05, 4.69) is 0 Å². The minimum atomic E-state index is -0.853. The second-order valence-corrected chi connectivity index (χ2v) is 5.63. The standard InChI is InChI=1S/C15H16N2O4/c16-11-6-2-5-10-12(11)14(19)17(13(10)18)7-8-3-1-4-9(8)15(20)21/h2,5-6,8-9H,1,3-4,7,16H2,(H,20,21)/t8-,9?/m0/s1. The van der Waals surface area contributed by atoms with Gasteiger partial charge in [-0.2, -0.15) is 0 Å². The molecule has 0 radical (unpaired) electrons. The molecule has 1 aromatic rings. The van der Waals surface area contributed by atoms with E-state index in [4.69, 9.17) is 5.73 Å². The number of carbonyl (C=O) groups excluding carboxylic acids is 2. The Kier molecular flexibility index (Phi) is 3.16. The largest absolute Gasteiger partial charge is 0.481 e. The summed E-state index contributed by atoms with van der Waals surface area (Å²) >= 11 is 0. The van der Waals surface area contributed by atoms with Crippen LogP contribution in [-0.2, 0) is 4.79 Å². The number of aliphatic carboxylic acids is 1. The van der Waals surface area contributed by atoms with Crippen LogP contribution in [0.1, 0.15) is 40.0 Å². The van der Waals surface area contributed by atoms with Gasteiger partial charge in [-0.1, -0.05) is 12.5 Å². The van der Waals surface area contributed by atoms with E-state index in [1.807, 2.05) is 0 Å². The first-order chi connectivity index (χ1) is 10.0. The van der Waals surface area contributed by atoms with E-state index in [9.17, 15) is 19.5 Å². The predicted molar refractivity (Wildman–Crippen MR) is 74.7 cm³/mol. The molecule has 1 saturated carbocycles. The molecule has 2 aliphatic rings. The molecule has 0 aromatic heterocycles. The molecular formula is C15H16N2O4. The van der Waals surface area contributed by atoms with Gasteiger partial charge in [0.25, 0.3) is 11.8 Å². The summed E-state index contributed by atoms with van der Waals surface area (Å²) in [5, 5.41) is 9.20. The van der Waals surface area contributed by atoms with Crippen molar-refractivity contribution in [2.24, 2.45) is 11.8 Å². The Bertz CT molecular complexity index is 641. The van der Waals surface area contributed by atoms with Gasteiger partial charge in [-0.3, -0.25) is 19.3 Å². The third-order valence-electron chi connectivity index (χ3n) is 4.42. The van der Waals surface area contributed by atoms with Gasteiger partial charge in [-0.25, -0.2) is 0 Å². The Balaban J connectivity index is 1.86. The average molecular weight is 288 g/mol. The number of carbonyl (C=O) groups is 3. The molecule has 2 amide bonds. The van der Waals surface area contributed by atoms with E-state index >= 15 is 0 Å². The highest BCUT2D eigenvalue weighted by molar-refractivity contribution is 6.23. The predicted octanol–water partition coefficient (Wildman–Crippen LogP) is 1.37. The van der Waals surface area contributed by atoms with Crippen LogP contribution in [0.3, 0.4) is 0 Å². The Labute approximate surface area is 121 Å². The lowest BCUT2D eigenvalue weighted by Crippen LogP contribution is -2.37. The molecule has 1 fully saturated rings. The van der Waals surface area contributed by atoms with Crippen molar-refractivity contribution < 1.29 is 19.5 Å². The number of imide groups is 1. The topological polar surface area (TPSA) is 101 Å². The number of nitrogens with two attached hydrogens (primary N) is 1. The summed E-state index contributed by atoms with van der Waals surface area (Å²) in [6.07, 6.45) is 2.14. The number of anilines is 1. The van der Waals surface area contributed by atoms with E-state index in [0.717, 1.165) is 17.7 Å². The van der Waals surface area contributed by atoms with E-state index in [1.165, 1.54) is 0 Å². The highest BCUT2D eigenvalue weighted by Gasteiger charge is 2.41. The summed E-state index contributed by atoms with van der Waals surface area (Å²) in [5.74, 6) is -2.30. The first-order valence-corrected chi connectivity index (χ1v) is 6.98. The number of rotatable bonds is 3. The average Bonchev–Trinajstić information content (AvgIpc) is 2.99. The monoisotopic (exact) mass is 288 g/mol.